The number of hydrogen-bond acceptors (Lipinski definition) is 1. The fourth-order valence-electron chi connectivity index (χ4n) is 1.14. The molecular formula is C9H5ClIN. The molecule has 60 valence electrons. The van der Waals surface area contributed by atoms with Crippen LogP contribution in [0.2, 0.25) is 5.15 Å². The van der Waals surface area contributed by atoms with Gasteiger partial charge in [-0.2, -0.15) is 0 Å². The van der Waals surface area contributed by atoms with Crippen molar-refractivity contribution >= 4 is 45.0 Å². The van der Waals surface area contributed by atoms with Crippen molar-refractivity contribution in [1.82, 2.24) is 4.98 Å². The van der Waals surface area contributed by atoms with E-state index >= 15 is 0 Å². The van der Waals surface area contributed by atoms with Gasteiger partial charge in [0.2, 0.25) is 0 Å². The Balaban J connectivity index is 2.96. The van der Waals surface area contributed by atoms with Gasteiger partial charge >= 0.3 is 0 Å². The Kier molecular flexibility index (Phi) is 2.19. The Labute approximate surface area is 88.9 Å². The third-order valence-corrected chi connectivity index (χ3v) is 2.88. The van der Waals surface area contributed by atoms with E-state index in [0.717, 1.165) is 14.3 Å². The first-order chi connectivity index (χ1) is 5.79. The van der Waals surface area contributed by atoms with E-state index in [1.165, 1.54) is 0 Å². The lowest BCUT2D eigenvalue weighted by atomic mass is 10.2. The minimum Gasteiger partial charge on any atom is -0.244 e. The van der Waals surface area contributed by atoms with Crippen LogP contribution in [0.5, 0.6) is 0 Å². The standard InChI is InChI=1S/C9H5ClIN/c10-9-8-6(4-5-12-9)2-1-3-7(8)11/h1-5H. The fourth-order valence-corrected chi connectivity index (χ4v) is 2.35. The van der Waals surface area contributed by atoms with E-state index in [2.05, 4.69) is 27.6 Å². The number of pyridine rings is 1. The largest absolute Gasteiger partial charge is 0.244 e. The van der Waals surface area contributed by atoms with Crippen LogP contribution in [0.3, 0.4) is 0 Å². The zero-order valence-corrected chi connectivity index (χ0v) is 9.00. The Morgan fingerprint density at radius 3 is 2.83 bits per heavy atom. The van der Waals surface area contributed by atoms with Gasteiger partial charge in [-0.25, -0.2) is 4.98 Å². The number of benzene rings is 1. The highest BCUT2D eigenvalue weighted by Gasteiger charge is 2.01. The molecule has 0 aliphatic carbocycles. The maximum Gasteiger partial charge on any atom is 0.137 e. The van der Waals surface area contributed by atoms with Crippen molar-refractivity contribution < 1.29 is 0 Å². The maximum absolute atomic E-state index is 5.95. The van der Waals surface area contributed by atoms with Crippen LogP contribution >= 0.6 is 34.2 Å². The Morgan fingerprint density at radius 2 is 2.08 bits per heavy atom. The summed E-state index contributed by atoms with van der Waals surface area (Å²) in [6, 6.07) is 8.03. The lowest BCUT2D eigenvalue weighted by Crippen LogP contribution is -1.81. The number of fused-ring (bicyclic) bond motifs is 1. The van der Waals surface area contributed by atoms with E-state index in [1.807, 2.05) is 24.3 Å². The highest BCUT2D eigenvalue weighted by Crippen LogP contribution is 2.25. The first kappa shape index (κ1) is 8.26. The molecule has 0 aliphatic heterocycles. The van der Waals surface area contributed by atoms with Crippen LogP contribution in [0.25, 0.3) is 10.8 Å². The van der Waals surface area contributed by atoms with E-state index in [4.69, 9.17) is 11.6 Å². The van der Waals surface area contributed by atoms with E-state index in [1.54, 1.807) is 6.20 Å². The molecule has 0 unspecified atom stereocenters. The average Bonchev–Trinajstić information content (AvgIpc) is 2.04. The van der Waals surface area contributed by atoms with Crippen LogP contribution in [0, 0.1) is 3.57 Å². The number of nitrogens with zero attached hydrogens (tertiary/aromatic N) is 1. The molecule has 1 heterocycles. The van der Waals surface area contributed by atoms with Gasteiger partial charge in [0, 0.05) is 15.2 Å². The lowest BCUT2D eigenvalue weighted by Gasteiger charge is -2.00. The summed E-state index contributed by atoms with van der Waals surface area (Å²) in [6.45, 7) is 0. The zero-order chi connectivity index (χ0) is 8.55. The second-order valence-corrected chi connectivity index (χ2v) is 3.96. The normalized spacial score (nSPS) is 10.5. The molecule has 1 aromatic carbocycles. The zero-order valence-electron chi connectivity index (χ0n) is 6.09. The summed E-state index contributed by atoms with van der Waals surface area (Å²) in [7, 11) is 0. The second kappa shape index (κ2) is 3.18. The topological polar surface area (TPSA) is 12.9 Å². The van der Waals surface area contributed by atoms with Gasteiger partial charge in [0.25, 0.3) is 0 Å². The number of halogens is 2. The number of aromatic nitrogens is 1. The van der Waals surface area contributed by atoms with Crippen LogP contribution in [-0.4, -0.2) is 4.98 Å². The van der Waals surface area contributed by atoms with E-state index in [9.17, 15) is 0 Å². The molecule has 2 rings (SSSR count). The van der Waals surface area contributed by atoms with Crippen LogP contribution < -0.4 is 0 Å². The van der Waals surface area contributed by atoms with Crippen LogP contribution in [0.4, 0.5) is 0 Å². The molecule has 2 aromatic rings. The van der Waals surface area contributed by atoms with Gasteiger partial charge in [-0.05, 0) is 40.1 Å². The molecule has 0 spiro atoms. The van der Waals surface area contributed by atoms with Gasteiger partial charge < -0.3 is 0 Å². The van der Waals surface area contributed by atoms with Crippen molar-refractivity contribution in [3.8, 4) is 0 Å². The molecule has 0 N–H and O–H groups in total. The molecule has 1 aromatic heterocycles. The maximum atomic E-state index is 5.95. The molecule has 0 atom stereocenters. The summed E-state index contributed by atoms with van der Waals surface area (Å²) in [5.41, 5.74) is 0. The van der Waals surface area contributed by atoms with Crippen LogP contribution in [-0.2, 0) is 0 Å². The third-order valence-electron chi connectivity index (χ3n) is 1.69. The Bertz CT molecular complexity index is 391. The monoisotopic (exact) mass is 289 g/mol. The minimum absolute atomic E-state index is 0.581. The molecule has 0 saturated heterocycles. The molecular weight excluding hydrogens is 284 g/mol. The summed E-state index contributed by atoms with van der Waals surface area (Å²) >= 11 is 8.21. The molecule has 0 saturated carbocycles. The summed E-state index contributed by atoms with van der Waals surface area (Å²) in [6.07, 6.45) is 1.72. The quantitative estimate of drug-likeness (QED) is 0.534. The summed E-state index contributed by atoms with van der Waals surface area (Å²) in [5, 5.41) is 2.77. The molecule has 0 bridgehead atoms. The van der Waals surface area contributed by atoms with Gasteiger partial charge in [-0.3, -0.25) is 0 Å². The van der Waals surface area contributed by atoms with Crippen molar-refractivity contribution in [2.75, 3.05) is 0 Å². The van der Waals surface area contributed by atoms with Gasteiger partial charge in [0.05, 0.1) is 0 Å². The van der Waals surface area contributed by atoms with Crippen molar-refractivity contribution in [3.05, 3.63) is 39.2 Å². The molecule has 12 heavy (non-hydrogen) atoms. The second-order valence-electron chi connectivity index (χ2n) is 2.44. The molecule has 0 radical (unpaired) electrons. The van der Waals surface area contributed by atoms with Crippen molar-refractivity contribution in [3.63, 3.8) is 0 Å². The summed E-state index contributed by atoms with van der Waals surface area (Å²) in [5.74, 6) is 0. The van der Waals surface area contributed by atoms with Crippen LogP contribution in [0.1, 0.15) is 0 Å². The minimum atomic E-state index is 0.581. The lowest BCUT2D eigenvalue weighted by molar-refractivity contribution is 1.36. The van der Waals surface area contributed by atoms with Crippen molar-refractivity contribution in [2.24, 2.45) is 0 Å². The van der Waals surface area contributed by atoms with Crippen molar-refractivity contribution in [1.29, 1.82) is 0 Å². The summed E-state index contributed by atoms with van der Waals surface area (Å²) < 4.78 is 1.14. The van der Waals surface area contributed by atoms with Gasteiger partial charge in [-0.1, -0.05) is 23.7 Å². The smallest absolute Gasteiger partial charge is 0.137 e. The molecule has 0 fully saturated rings. The van der Waals surface area contributed by atoms with Crippen molar-refractivity contribution in [2.45, 2.75) is 0 Å². The van der Waals surface area contributed by atoms with Crippen LogP contribution in [0.15, 0.2) is 30.5 Å². The van der Waals surface area contributed by atoms with E-state index < -0.39 is 0 Å². The first-order valence-electron chi connectivity index (χ1n) is 3.48. The van der Waals surface area contributed by atoms with E-state index in [-0.39, 0.29) is 0 Å². The predicted molar refractivity (Wildman–Crippen MR) is 59.5 cm³/mol. The van der Waals surface area contributed by atoms with Gasteiger partial charge in [-0.15, -0.1) is 0 Å². The highest BCUT2D eigenvalue weighted by atomic mass is 127. The van der Waals surface area contributed by atoms with Gasteiger partial charge in [0.1, 0.15) is 5.15 Å². The number of hydrogen-bond donors (Lipinski definition) is 0. The molecule has 0 amide bonds. The molecule has 3 heteroatoms. The first-order valence-corrected chi connectivity index (χ1v) is 4.93. The van der Waals surface area contributed by atoms with Gasteiger partial charge in [0.15, 0.2) is 0 Å². The Hall–Kier alpha value is -0.350. The number of rotatable bonds is 0. The average molecular weight is 290 g/mol. The SMILES string of the molecule is Clc1nccc2cccc(I)c12. The fraction of sp³-hybridized carbons (Fsp3) is 0. The highest BCUT2D eigenvalue weighted by molar-refractivity contribution is 14.1. The molecule has 0 aliphatic rings. The Morgan fingerprint density at radius 1 is 1.25 bits per heavy atom. The molecule has 1 nitrogen and oxygen atoms in total. The predicted octanol–water partition coefficient (Wildman–Crippen LogP) is 3.49. The third kappa shape index (κ3) is 1.29. The summed E-state index contributed by atoms with van der Waals surface area (Å²) in [4.78, 5) is 4.03. The van der Waals surface area contributed by atoms with E-state index in [0.29, 0.717) is 5.15 Å².